The number of pyridine rings is 1. The summed E-state index contributed by atoms with van der Waals surface area (Å²) in [7, 11) is 0. The van der Waals surface area contributed by atoms with Crippen LogP contribution in [0.1, 0.15) is 36.0 Å². The SMILES string of the molecule is O=C(CN1C(=O)NC2(CCC(F)(F)CC2)C1=O)c1ccc(-c2ncc3ccccn23)cc1. The number of hydrogen-bond acceptors (Lipinski definition) is 4. The fraction of sp³-hybridized carbons (Fsp3) is 0.304. The van der Waals surface area contributed by atoms with Gasteiger partial charge in [0.15, 0.2) is 5.78 Å². The highest BCUT2D eigenvalue weighted by Crippen LogP contribution is 2.41. The number of imide groups is 1. The number of alkyl halides is 2. The van der Waals surface area contributed by atoms with Crippen molar-refractivity contribution in [2.24, 2.45) is 0 Å². The van der Waals surface area contributed by atoms with Crippen LogP contribution in [0.2, 0.25) is 0 Å². The van der Waals surface area contributed by atoms with E-state index in [9.17, 15) is 23.2 Å². The molecule has 0 unspecified atom stereocenters. The molecule has 3 aromatic rings. The Bertz CT molecular complexity index is 1230. The first-order valence-electron chi connectivity index (χ1n) is 10.4. The van der Waals surface area contributed by atoms with Gasteiger partial charge in [-0.2, -0.15) is 0 Å². The number of amides is 3. The van der Waals surface area contributed by atoms with Crippen molar-refractivity contribution in [2.45, 2.75) is 37.1 Å². The fourth-order valence-electron chi connectivity index (χ4n) is 4.40. The fourth-order valence-corrected chi connectivity index (χ4v) is 4.40. The Morgan fingerprint density at radius 2 is 1.75 bits per heavy atom. The lowest BCUT2D eigenvalue weighted by molar-refractivity contribution is -0.135. The van der Waals surface area contributed by atoms with Crippen molar-refractivity contribution < 1.29 is 23.2 Å². The summed E-state index contributed by atoms with van der Waals surface area (Å²) in [6, 6.07) is 11.8. The van der Waals surface area contributed by atoms with Gasteiger partial charge in [0, 0.05) is 30.2 Å². The quantitative estimate of drug-likeness (QED) is 0.498. The Hall–Kier alpha value is -3.62. The van der Waals surface area contributed by atoms with Crippen LogP contribution >= 0.6 is 0 Å². The Kier molecular flexibility index (Phi) is 4.58. The summed E-state index contributed by atoms with van der Waals surface area (Å²) in [6.45, 7) is -0.436. The van der Waals surface area contributed by atoms with E-state index in [0.717, 1.165) is 21.8 Å². The van der Waals surface area contributed by atoms with Gasteiger partial charge in [-0.1, -0.05) is 30.3 Å². The molecule has 0 bridgehead atoms. The molecule has 1 aromatic carbocycles. The summed E-state index contributed by atoms with van der Waals surface area (Å²) >= 11 is 0. The van der Waals surface area contributed by atoms with Crippen molar-refractivity contribution in [2.75, 3.05) is 6.54 Å². The first kappa shape index (κ1) is 20.3. The summed E-state index contributed by atoms with van der Waals surface area (Å²) in [4.78, 5) is 43.2. The molecule has 3 heterocycles. The van der Waals surface area contributed by atoms with Crippen molar-refractivity contribution in [1.82, 2.24) is 19.6 Å². The maximum absolute atomic E-state index is 13.5. The standard InChI is InChI=1S/C23H20F2N4O3/c24-23(25)10-8-22(9-11-23)20(31)29(21(32)27-22)14-18(30)15-4-6-16(7-5-15)19-26-13-17-3-1-2-12-28(17)19/h1-7,12-13H,8-11,14H2,(H,27,32). The van der Waals surface area contributed by atoms with Gasteiger partial charge in [0.05, 0.1) is 18.3 Å². The topological polar surface area (TPSA) is 83.8 Å². The van der Waals surface area contributed by atoms with Crippen molar-refractivity contribution >= 4 is 23.2 Å². The maximum atomic E-state index is 13.5. The highest BCUT2D eigenvalue weighted by atomic mass is 19.3. The summed E-state index contributed by atoms with van der Waals surface area (Å²) in [5.41, 5.74) is 0.761. The van der Waals surface area contributed by atoms with E-state index in [1.807, 2.05) is 28.8 Å². The number of nitrogens with zero attached hydrogens (tertiary/aromatic N) is 3. The molecule has 0 radical (unpaired) electrons. The van der Waals surface area contributed by atoms with Gasteiger partial charge in [-0.05, 0) is 25.0 Å². The van der Waals surface area contributed by atoms with E-state index < -0.39 is 48.6 Å². The first-order chi connectivity index (χ1) is 15.3. The van der Waals surface area contributed by atoms with Gasteiger partial charge in [-0.25, -0.2) is 18.6 Å². The van der Waals surface area contributed by atoms with Gasteiger partial charge >= 0.3 is 6.03 Å². The molecule has 5 rings (SSSR count). The number of Topliss-reactive ketones (excluding diaryl/α,β-unsaturated/α-hetero) is 1. The molecular weight excluding hydrogens is 418 g/mol. The van der Waals surface area contributed by atoms with Gasteiger partial charge < -0.3 is 5.32 Å². The monoisotopic (exact) mass is 438 g/mol. The number of rotatable bonds is 4. The highest BCUT2D eigenvalue weighted by molar-refractivity contribution is 6.11. The lowest BCUT2D eigenvalue weighted by Crippen LogP contribution is -2.51. The molecule has 1 saturated heterocycles. The number of halogens is 2. The second-order valence-electron chi connectivity index (χ2n) is 8.34. The van der Waals surface area contributed by atoms with Crippen LogP contribution in [0, 0.1) is 0 Å². The third kappa shape index (κ3) is 3.34. The van der Waals surface area contributed by atoms with Crippen LogP contribution < -0.4 is 5.32 Å². The second-order valence-corrected chi connectivity index (χ2v) is 8.34. The average Bonchev–Trinajstić information content (AvgIpc) is 3.31. The molecule has 1 saturated carbocycles. The largest absolute Gasteiger partial charge is 0.325 e. The van der Waals surface area contributed by atoms with Gasteiger partial charge in [-0.3, -0.25) is 18.9 Å². The molecule has 1 aliphatic heterocycles. The lowest BCUT2D eigenvalue weighted by atomic mass is 9.80. The number of fused-ring (bicyclic) bond motifs is 1. The smallest absolute Gasteiger partial charge is 0.323 e. The molecule has 1 aliphatic carbocycles. The number of urea groups is 1. The van der Waals surface area contributed by atoms with Crippen molar-refractivity contribution in [1.29, 1.82) is 0 Å². The molecule has 2 fully saturated rings. The Morgan fingerprint density at radius 3 is 2.47 bits per heavy atom. The molecule has 2 aromatic heterocycles. The third-order valence-corrected chi connectivity index (χ3v) is 6.29. The van der Waals surface area contributed by atoms with E-state index in [1.54, 1.807) is 30.5 Å². The zero-order valence-corrected chi connectivity index (χ0v) is 17.1. The number of carbonyl (C=O) groups is 3. The van der Waals surface area contributed by atoms with Gasteiger partial charge in [0.1, 0.15) is 11.4 Å². The molecule has 0 atom stereocenters. The van der Waals surface area contributed by atoms with E-state index in [2.05, 4.69) is 10.3 Å². The van der Waals surface area contributed by atoms with E-state index >= 15 is 0 Å². The van der Waals surface area contributed by atoms with Crippen LogP contribution in [0.25, 0.3) is 16.9 Å². The van der Waals surface area contributed by atoms with E-state index in [4.69, 9.17) is 0 Å². The van der Waals surface area contributed by atoms with E-state index in [1.165, 1.54) is 0 Å². The van der Waals surface area contributed by atoms with Crippen LogP contribution in [0.15, 0.2) is 54.9 Å². The highest BCUT2D eigenvalue weighted by Gasteiger charge is 2.55. The van der Waals surface area contributed by atoms with E-state index in [-0.39, 0.29) is 12.8 Å². The van der Waals surface area contributed by atoms with E-state index in [0.29, 0.717) is 5.56 Å². The summed E-state index contributed by atoms with van der Waals surface area (Å²) < 4.78 is 29.0. The molecule has 1 spiro atoms. The lowest BCUT2D eigenvalue weighted by Gasteiger charge is -2.34. The molecule has 3 amide bonds. The Labute approximate surface area is 182 Å². The minimum atomic E-state index is -2.83. The molecular formula is C23H20F2N4O3. The minimum Gasteiger partial charge on any atom is -0.323 e. The zero-order chi connectivity index (χ0) is 22.5. The summed E-state index contributed by atoms with van der Waals surface area (Å²) in [5, 5.41) is 2.55. The summed E-state index contributed by atoms with van der Waals surface area (Å²) in [6.07, 6.45) is 2.44. The van der Waals surface area contributed by atoms with Crippen molar-refractivity contribution in [3.05, 3.63) is 60.4 Å². The number of nitrogens with one attached hydrogen (secondary N) is 1. The van der Waals surface area contributed by atoms with Crippen molar-refractivity contribution in [3.63, 3.8) is 0 Å². The molecule has 1 N–H and O–H groups in total. The van der Waals surface area contributed by atoms with Crippen LogP contribution in [-0.2, 0) is 4.79 Å². The summed E-state index contributed by atoms with van der Waals surface area (Å²) in [5.74, 6) is -3.12. The molecule has 2 aliphatic rings. The molecule has 9 heteroatoms. The van der Waals surface area contributed by atoms with Gasteiger partial charge in [-0.15, -0.1) is 0 Å². The zero-order valence-electron chi connectivity index (χ0n) is 17.1. The van der Waals surface area contributed by atoms with Crippen molar-refractivity contribution in [3.8, 4) is 11.4 Å². The third-order valence-electron chi connectivity index (χ3n) is 6.29. The van der Waals surface area contributed by atoms with Gasteiger partial charge in [0.2, 0.25) is 5.92 Å². The molecule has 164 valence electrons. The maximum Gasteiger partial charge on any atom is 0.325 e. The minimum absolute atomic E-state index is 0.137. The predicted octanol–water partition coefficient (Wildman–Crippen LogP) is 3.68. The molecule has 32 heavy (non-hydrogen) atoms. The number of imidazole rings is 1. The molecule has 7 nitrogen and oxygen atoms in total. The number of ketones is 1. The Balaban J connectivity index is 1.31. The van der Waals surface area contributed by atoms with Crippen LogP contribution in [0.4, 0.5) is 13.6 Å². The van der Waals surface area contributed by atoms with Crippen LogP contribution in [0.3, 0.4) is 0 Å². The number of hydrogen-bond donors (Lipinski definition) is 1. The predicted molar refractivity (Wildman–Crippen MR) is 111 cm³/mol. The van der Waals surface area contributed by atoms with Crippen LogP contribution in [-0.4, -0.2) is 50.0 Å². The Morgan fingerprint density at radius 1 is 1.03 bits per heavy atom. The average molecular weight is 438 g/mol. The second kappa shape index (κ2) is 7.22. The van der Waals surface area contributed by atoms with Gasteiger partial charge in [0.25, 0.3) is 5.91 Å². The number of aromatic nitrogens is 2. The van der Waals surface area contributed by atoms with Crippen LogP contribution in [0.5, 0.6) is 0 Å². The normalized spacial score (nSPS) is 19.5. The first-order valence-corrected chi connectivity index (χ1v) is 10.4. The number of carbonyl (C=O) groups excluding carboxylic acids is 3. The number of benzene rings is 1.